The van der Waals surface area contributed by atoms with E-state index in [9.17, 15) is 5.11 Å². The van der Waals surface area contributed by atoms with Crippen LogP contribution < -0.4 is 4.90 Å². The van der Waals surface area contributed by atoms with Gasteiger partial charge in [0, 0.05) is 23.5 Å². The number of phenols is 1. The van der Waals surface area contributed by atoms with Crippen LogP contribution in [0.25, 0.3) is 11.1 Å². The van der Waals surface area contributed by atoms with E-state index in [1.807, 2.05) is 19.1 Å². The van der Waals surface area contributed by atoms with Crippen LogP contribution >= 0.6 is 0 Å². The Morgan fingerprint density at radius 1 is 0.595 bits per heavy atom. The molecule has 0 fully saturated rings. The zero-order valence-corrected chi connectivity index (χ0v) is 21.8. The highest BCUT2D eigenvalue weighted by Gasteiger charge is 2.14. The minimum atomic E-state index is 0.394. The molecular formula is C35H33NO. The Morgan fingerprint density at radius 3 is 1.68 bits per heavy atom. The van der Waals surface area contributed by atoms with Crippen molar-refractivity contribution in [1.82, 2.24) is 0 Å². The first-order valence-electron chi connectivity index (χ1n) is 12.9. The summed E-state index contributed by atoms with van der Waals surface area (Å²) in [5.74, 6) is 0.394. The van der Waals surface area contributed by atoms with Crippen LogP contribution in [0.4, 0.5) is 17.1 Å². The third-order valence-electron chi connectivity index (χ3n) is 6.95. The molecule has 0 heterocycles. The number of aromatic hydroxyl groups is 1. The van der Waals surface area contributed by atoms with Crippen molar-refractivity contribution in [2.45, 2.75) is 33.6 Å². The molecule has 2 heteroatoms. The van der Waals surface area contributed by atoms with Gasteiger partial charge in [0.15, 0.2) is 0 Å². The topological polar surface area (TPSA) is 23.5 Å². The van der Waals surface area contributed by atoms with Gasteiger partial charge in [-0.15, -0.1) is 0 Å². The first-order chi connectivity index (χ1) is 18.0. The van der Waals surface area contributed by atoms with E-state index in [-0.39, 0.29) is 0 Å². The fourth-order valence-electron chi connectivity index (χ4n) is 4.93. The molecule has 0 aliphatic rings. The van der Waals surface area contributed by atoms with E-state index in [1.165, 1.54) is 27.8 Å². The van der Waals surface area contributed by atoms with Crippen molar-refractivity contribution in [2.75, 3.05) is 4.90 Å². The van der Waals surface area contributed by atoms with Gasteiger partial charge in [-0.05, 0) is 90.0 Å². The van der Waals surface area contributed by atoms with Gasteiger partial charge in [0.05, 0.1) is 0 Å². The molecule has 0 unspecified atom stereocenters. The van der Waals surface area contributed by atoms with Gasteiger partial charge in [-0.2, -0.15) is 0 Å². The SMILES string of the molecule is CCc1ccc(N(c2ccc(Cc3cc(C)cc(C)c3O)cc2)c2ccc(-c3ccccc3)cc2)cc1. The Labute approximate surface area is 220 Å². The van der Waals surface area contributed by atoms with Gasteiger partial charge in [-0.1, -0.05) is 91.3 Å². The predicted octanol–water partition coefficient (Wildman–Crippen LogP) is 9.30. The van der Waals surface area contributed by atoms with Crippen molar-refractivity contribution in [3.05, 3.63) is 143 Å². The number of anilines is 3. The molecule has 0 radical (unpaired) electrons. The Bertz CT molecular complexity index is 1470. The van der Waals surface area contributed by atoms with E-state index >= 15 is 0 Å². The van der Waals surface area contributed by atoms with Crippen LogP contribution in [0.3, 0.4) is 0 Å². The van der Waals surface area contributed by atoms with E-state index < -0.39 is 0 Å². The van der Waals surface area contributed by atoms with Crippen molar-refractivity contribution in [2.24, 2.45) is 0 Å². The molecule has 0 atom stereocenters. The normalized spacial score (nSPS) is 10.9. The maximum absolute atomic E-state index is 10.6. The largest absolute Gasteiger partial charge is 0.507 e. The summed E-state index contributed by atoms with van der Waals surface area (Å²) in [4.78, 5) is 2.30. The molecule has 37 heavy (non-hydrogen) atoms. The van der Waals surface area contributed by atoms with E-state index in [4.69, 9.17) is 0 Å². The minimum Gasteiger partial charge on any atom is -0.507 e. The molecule has 0 spiro atoms. The molecule has 0 amide bonds. The lowest BCUT2D eigenvalue weighted by molar-refractivity contribution is 0.465. The molecule has 0 aromatic heterocycles. The molecule has 5 aromatic rings. The summed E-state index contributed by atoms with van der Waals surface area (Å²) in [5, 5.41) is 10.6. The number of hydrogen-bond acceptors (Lipinski definition) is 2. The summed E-state index contributed by atoms with van der Waals surface area (Å²) in [6.45, 7) is 6.21. The Hall–Kier alpha value is -4.30. The van der Waals surface area contributed by atoms with Crippen LogP contribution in [0.5, 0.6) is 5.75 Å². The van der Waals surface area contributed by atoms with E-state index in [0.717, 1.165) is 34.6 Å². The molecule has 2 nitrogen and oxygen atoms in total. The molecule has 0 aliphatic heterocycles. The quantitative estimate of drug-likeness (QED) is 0.249. The predicted molar refractivity (Wildman–Crippen MR) is 156 cm³/mol. The van der Waals surface area contributed by atoms with Crippen molar-refractivity contribution < 1.29 is 5.11 Å². The zero-order valence-electron chi connectivity index (χ0n) is 21.8. The maximum Gasteiger partial charge on any atom is 0.122 e. The Kier molecular flexibility index (Phi) is 7.09. The van der Waals surface area contributed by atoms with Crippen LogP contribution in [0.2, 0.25) is 0 Å². The van der Waals surface area contributed by atoms with Gasteiger partial charge in [0.2, 0.25) is 0 Å². The van der Waals surface area contributed by atoms with Crippen LogP contribution in [-0.2, 0) is 12.8 Å². The van der Waals surface area contributed by atoms with E-state index in [1.54, 1.807) is 0 Å². The highest BCUT2D eigenvalue weighted by Crippen LogP contribution is 2.36. The highest BCUT2D eigenvalue weighted by atomic mass is 16.3. The molecule has 0 bridgehead atoms. The van der Waals surface area contributed by atoms with Gasteiger partial charge >= 0.3 is 0 Å². The molecule has 5 aromatic carbocycles. The fourth-order valence-corrected chi connectivity index (χ4v) is 4.93. The Balaban J connectivity index is 1.48. The summed E-state index contributed by atoms with van der Waals surface area (Å²) in [6, 6.07) is 40.8. The number of phenolic OH excluding ortho intramolecular Hbond substituents is 1. The average molecular weight is 484 g/mol. The maximum atomic E-state index is 10.6. The van der Waals surface area contributed by atoms with Gasteiger partial charge < -0.3 is 10.0 Å². The summed E-state index contributed by atoms with van der Waals surface area (Å²) < 4.78 is 0. The summed E-state index contributed by atoms with van der Waals surface area (Å²) in [6.07, 6.45) is 1.72. The molecular weight excluding hydrogens is 450 g/mol. The molecule has 184 valence electrons. The van der Waals surface area contributed by atoms with Crippen LogP contribution in [0.1, 0.15) is 34.7 Å². The van der Waals surface area contributed by atoms with Gasteiger partial charge in [0.25, 0.3) is 0 Å². The van der Waals surface area contributed by atoms with Gasteiger partial charge in [0.1, 0.15) is 5.75 Å². The number of hydrogen-bond donors (Lipinski definition) is 1. The lowest BCUT2D eigenvalue weighted by atomic mass is 9.99. The molecule has 5 rings (SSSR count). The summed E-state index contributed by atoms with van der Waals surface area (Å²) >= 11 is 0. The number of benzene rings is 5. The van der Waals surface area contributed by atoms with Crippen LogP contribution in [0.15, 0.2) is 115 Å². The van der Waals surface area contributed by atoms with Gasteiger partial charge in [-0.25, -0.2) is 0 Å². The minimum absolute atomic E-state index is 0.394. The molecule has 1 N–H and O–H groups in total. The lowest BCUT2D eigenvalue weighted by Crippen LogP contribution is -2.10. The fraction of sp³-hybridized carbons (Fsp3) is 0.143. The second kappa shape index (κ2) is 10.8. The van der Waals surface area contributed by atoms with Crippen molar-refractivity contribution in [3.8, 4) is 16.9 Å². The number of nitrogens with zero attached hydrogens (tertiary/aromatic N) is 1. The molecule has 0 saturated heterocycles. The highest BCUT2D eigenvalue weighted by molar-refractivity contribution is 5.78. The first kappa shape index (κ1) is 24.4. The Morgan fingerprint density at radius 2 is 1.11 bits per heavy atom. The van der Waals surface area contributed by atoms with Crippen molar-refractivity contribution >= 4 is 17.1 Å². The van der Waals surface area contributed by atoms with Crippen LogP contribution in [0, 0.1) is 13.8 Å². The van der Waals surface area contributed by atoms with E-state index in [0.29, 0.717) is 12.2 Å². The summed E-state index contributed by atoms with van der Waals surface area (Å²) in [7, 11) is 0. The monoisotopic (exact) mass is 483 g/mol. The standard InChI is InChI=1S/C35H33NO/c1-4-27-10-16-32(17-11-27)36(34-20-14-30(15-21-34)29-8-6-5-7-9-29)33-18-12-28(13-19-33)24-31-23-25(2)22-26(3)35(31)37/h5-23,37H,4,24H2,1-3H3. The second-order valence-corrected chi connectivity index (χ2v) is 9.70. The first-order valence-corrected chi connectivity index (χ1v) is 12.9. The molecule has 0 aliphatic carbocycles. The average Bonchev–Trinajstić information content (AvgIpc) is 2.94. The van der Waals surface area contributed by atoms with Crippen molar-refractivity contribution in [3.63, 3.8) is 0 Å². The number of rotatable bonds is 7. The smallest absolute Gasteiger partial charge is 0.122 e. The summed E-state index contributed by atoms with van der Waals surface area (Å²) in [5.41, 5.74) is 11.3. The van der Waals surface area contributed by atoms with Crippen LogP contribution in [-0.4, -0.2) is 5.11 Å². The second-order valence-electron chi connectivity index (χ2n) is 9.70. The lowest BCUT2D eigenvalue weighted by Gasteiger charge is -2.26. The molecule has 0 saturated carbocycles. The number of aryl methyl sites for hydroxylation is 3. The van der Waals surface area contributed by atoms with Gasteiger partial charge in [-0.3, -0.25) is 0 Å². The van der Waals surface area contributed by atoms with E-state index in [2.05, 4.69) is 122 Å². The van der Waals surface area contributed by atoms with Crippen molar-refractivity contribution in [1.29, 1.82) is 0 Å². The third kappa shape index (κ3) is 5.44. The zero-order chi connectivity index (χ0) is 25.8. The third-order valence-corrected chi connectivity index (χ3v) is 6.95.